The van der Waals surface area contributed by atoms with E-state index in [0.29, 0.717) is 39.4 Å². The van der Waals surface area contributed by atoms with Gasteiger partial charge >= 0.3 is 0 Å². The number of imidazole rings is 1. The van der Waals surface area contributed by atoms with Crippen molar-refractivity contribution in [2.24, 2.45) is 0 Å². The van der Waals surface area contributed by atoms with E-state index in [1.54, 1.807) is 24.4 Å². The predicted molar refractivity (Wildman–Crippen MR) is 108 cm³/mol. The third-order valence-corrected chi connectivity index (χ3v) is 5.13. The average molecular weight is 393 g/mol. The monoisotopic (exact) mass is 392 g/mol. The Bertz CT molecular complexity index is 1210. The van der Waals surface area contributed by atoms with Crippen molar-refractivity contribution in [1.29, 1.82) is 0 Å². The third kappa shape index (κ3) is 3.14. The molecule has 7 nitrogen and oxygen atoms in total. The van der Waals surface area contributed by atoms with Gasteiger partial charge in [-0.15, -0.1) is 0 Å². The first-order valence-electron chi connectivity index (χ1n) is 9.06. The minimum atomic E-state index is -0.265. The number of amides is 1. The number of benzene rings is 1. The molecule has 3 N–H and O–H groups in total. The standard InChI is InChI=1S/C20H17ClN6O/c1-10-6-16-19(22-9-10)25-18(24-16)13-7-12(4-5-14(13)21)23-20(28)17-8-15(26-27-17)11-2-3-11/h4-9,11H,2-3H2,1H3,(H,23,28)(H,26,27)(H,22,24,25). The maximum Gasteiger partial charge on any atom is 0.276 e. The van der Waals surface area contributed by atoms with Crippen molar-refractivity contribution < 1.29 is 4.79 Å². The van der Waals surface area contributed by atoms with Crippen LogP contribution in [0, 0.1) is 6.92 Å². The summed E-state index contributed by atoms with van der Waals surface area (Å²) in [6.45, 7) is 1.97. The van der Waals surface area contributed by atoms with Gasteiger partial charge in [0.2, 0.25) is 0 Å². The SMILES string of the molecule is Cc1cnc2nc(-c3cc(NC(=O)c4cc(C5CC5)[nH]n4)ccc3Cl)[nH]c2c1. The maximum atomic E-state index is 12.5. The molecule has 28 heavy (non-hydrogen) atoms. The summed E-state index contributed by atoms with van der Waals surface area (Å²) in [5.41, 5.74) is 5.20. The molecule has 4 aromatic rings. The fraction of sp³-hybridized carbons (Fsp3) is 0.200. The first kappa shape index (κ1) is 16.9. The van der Waals surface area contributed by atoms with Crippen LogP contribution >= 0.6 is 11.6 Å². The van der Waals surface area contributed by atoms with Gasteiger partial charge < -0.3 is 10.3 Å². The second-order valence-corrected chi connectivity index (χ2v) is 7.51. The Labute approximate surface area is 165 Å². The predicted octanol–water partition coefficient (Wildman–Crippen LogP) is 4.44. The summed E-state index contributed by atoms with van der Waals surface area (Å²) < 4.78 is 0. The smallest absolute Gasteiger partial charge is 0.276 e. The molecule has 1 aliphatic rings. The number of fused-ring (bicyclic) bond motifs is 1. The second kappa shape index (κ2) is 6.45. The Hall–Kier alpha value is -3.19. The number of rotatable bonds is 4. The van der Waals surface area contributed by atoms with E-state index < -0.39 is 0 Å². The molecule has 1 aromatic carbocycles. The number of carbonyl (C=O) groups is 1. The third-order valence-electron chi connectivity index (χ3n) is 4.80. The second-order valence-electron chi connectivity index (χ2n) is 7.10. The van der Waals surface area contributed by atoms with Gasteiger partial charge in [0.15, 0.2) is 11.3 Å². The zero-order valence-electron chi connectivity index (χ0n) is 15.1. The van der Waals surface area contributed by atoms with Gasteiger partial charge in [0, 0.05) is 29.1 Å². The van der Waals surface area contributed by atoms with Crippen LogP contribution in [0.5, 0.6) is 0 Å². The summed E-state index contributed by atoms with van der Waals surface area (Å²) in [5.74, 6) is 0.852. The number of pyridine rings is 1. The zero-order valence-corrected chi connectivity index (χ0v) is 15.8. The highest BCUT2D eigenvalue weighted by atomic mass is 35.5. The summed E-state index contributed by atoms with van der Waals surface area (Å²) in [5, 5.41) is 10.5. The quantitative estimate of drug-likeness (QED) is 0.478. The fourth-order valence-electron chi connectivity index (χ4n) is 3.17. The van der Waals surface area contributed by atoms with Gasteiger partial charge in [0.25, 0.3) is 5.91 Å². The number of H-pyrrole nitrogens is 2. The molecule has 1 amide bonds. The lowest BCUT2D eigenvalue weighted by Crippen LogP contribution is -2.12. The van der Waals surface area contributed by atoms with Gasteiger partial charge in [-0.25, -0.2) is 9.97 Å². The topological polar surface area (TPSA) is 99.3 Å². The van der Waals surface area contributed by atoms with E-state index in [1.165, 1.54) is 0 Å². The van der Waals surface area contributed by atoms with Crippen LogP contribution in [0.2, 0.25) is 5.02 Å². The summed E-state index contributed by atoms with van der Waals surface area (Å²) >= 11 is 6.38. The van der Waals surface area contributed by atoms with E-state index in [1.807, 2.05) is 19.1 Å². The van der Waals surface area contributed by atoms with Crippen LogP contribution < -0.4 is 5.32 Å². The van der Waals surface area contributed by atoms with Crippen LogP contribution in [-0.2, 0) is 0 Å². The van der Waals surface area contributed by atoms with Crippen LogP contribution in [0.25, 0.3) is 22.6 Å². The van der Waals surface area contributed by atoms with Crippen LogP contribution in [-0.4, -0.2) is 31.1 Å². The molecule has 0 bridgehead atoms. The Morgan fingerprint density at radius 1 is 1.25 bits per heavy atom. The molecular formula is C20H17ClN6O. The lowest BCUT2D eigenvalue weighted by Gasteiger charge is -2.07. The fourth-order valence-corrected chi connectivity index (χ4v) is 3.38. The van der Waals surface area contributed by atoms with E-state index in [4.69, 9.17) is 11.6 Å². The molecule has 0 spiro atoms. The molecule has 3 heterocycles. The molecule has 0 saturated heterocycles. The van der Waals surface area contributed by atoms with Crippen molar-refractivity contribution in [1.82, 2.24) is 25.1 Å². The van der Waals surface area contributed by atoms with Gasteiger partial charge in [0.05, 0.1) is 10.5 Å². The normalized spacial score (nSPS) is 13.8. The summed E-state index contributed by atoms with van der Waals surface area (Å²) in [7, 11) is 0. The number of halogens is 1. The molecule has 5 rings (SSSR count). The van der Waals surface area contributed by atoms with Crippen LogP contribution in [0.3, 0.4) is 0 Å². The van der Waals surface area contributed by atoms with Gasteiger partial charge in [-0.05, 0) is 55.7 Å². The molecule has 8 heteroatoms. The summed E-state index contributed by atoms with van der Waals surface area (Å²) in [6, 6.07) is 9.07. The molecule has 0 atom stereocenters. The van der Waals surface area contributed by atoms with E-state index in [-0.39, 0.29) is 5.91 Å². The number of hydrogen-bond acceptors (Lipinski definition) is 4. The van der Waals surface area contributed by atoms with Crippen molar-refractivity contribution >= 4 is 34.4 Å². The molecule has 0 radical (unpaired) electrons. The number of aromatic amines is 2. The number of hydrogen-bond donors (Lipinski definition) is 3. The number of nitrogens with one attached hydrogen (secondary N) is 3. The Balaban J connectivity index is 1.43. The number of anilines is 1. The number of aromatic nitrogens is 5. The van der Waals surface area contributed by atoms with Crippen molar-refractivity contribution in [3.05, 3.63) is 58.5 Å². The lowest BCUT2D eigenvalue weighted by atomic mass is 10.2. The highest BCUT2D eigenvalue weighted by Crippen LogP contribution is 2.39. The Morgan fingerprint density at radius 3 is 2.93 bits per heavy atom. The number of nitrogens with zero attached hydrogens (tertiary/aromatic N) is 3. The van der Waals surface area contributed by atoms with Crippen molar-refractivity contribution in [3.63, 3.8) is 0 Å². The lowest BCUT2D eigenvalue weighted by molar-refractivity contribution is 0.102. The largest absolute Gasteiger partial charge is 0.337 e. The van der Waals surface area contributed by atoms with E-state index >= 15 is 0 Å². The highest BCUT2D eigenvalue weighted by molar-refractivity contribution is 6.33. The van der Waals surface area contributed by atoms with Crippen molar-refractivity contribution in [2.75, 3.05) is 5.32 Å². The van der Waals surface area contributed by atoms with Gasteiger partial charge in [-0.3, -0.25) is 9.89 Å². The van der Waals surface area contributed by atoms with Gasteiger partial charge in [-0.2, -0.15) is 5.10 Å². The Kier molecular flexibility index (Phi) is 3.91. The molecule has 0 aliphatic heterocycles. The summed E-state index contributed by atoms with van der Waals surface area (Å²) in [4.78, 5) is 24.6. The number of carbonyl (C=O) groups excluding carboxylic acids is 1. The van der Waals surface area contributed by atoms with E-state index in [9.17, 15) is 4.79 Å². The molecule has 140 valence electrons. The van der Waals surface area contributed by atoms with Crippen LogP contribution in [0.4, 0.5) is 5.69 Å². The minimum absolute atomic E-state index is 0.265. The highest BCUT2D eigenvalue weighted by Gasteiger charge is 2.26. The maximum absolute atomic E-state index is 12.5. The van der Waals surface area contributed by atoms with Crippen molar-refractivity contribution in [2.45, 2.75) is 25.7 Å². The first-order valence-corrected chi connectivity index (χ1v) is 9.43. The zero-order chi connectivity index (χ0) is 19.3. The molecule has 1 aliphatic carbocycles. The van der Waals surface area contributed by atoms with Crippen molar-refractivity contribution in [3.8, 4) is 11.4 Å². The average Bonchev–Trinajstić information content (AvgIpc) is 3.25. The molecule has 3 aromatic heterocycles. The van der Waals surface area contributed by atoms with Gasteiger partial charge in [-0.1, -0.05) is 11.6 Å². The summed E-state index contributed by atoms with van der Waals surface area (Å²) in [6.07, 6.45) is 4.07. The molecule has 0 unspecified atom stereocenters. The molecular weight excluding hydrogens is 376 g/mol. The number of aryl methyl sites for hydroxylation is 1. The first-order chi connectivity index (χ1) is 13.6. The Morgan fingerprint density at radius 2 is 2.11 bits per heavy atom. The van der Waals surface area contributed by atoms with Crippen LogP contribution in [0.15, 0.2) is 36.5 Å². The van der Waals surface area contributed by atoms with E-state index in [0.717, 1.165) is 29.6 Å². The van der Waals surface area contributed by atoms with Gasteiger partial charge in [0.1, 0.15) is 5.82 Å². The molecule has 1 saturated carbocycles. The van der Waals surface area contributed by atoms with E-state index in [2.05, 4.69) is 30.5 Å². The minimum Gasteiger partial charge on any atom is -0.337 e. The van der Waals surface area contributed by atoms with Crippen LogP contribution in [0.1, 0.15) is 40.5 Å². The molecule has 1 fully saturated rings.